The Morgan fingerprint density at radius 3 is 1.82 bits per heavy atom. The molecule has 0 aromatic heterocycles. The van der Waals surface area contributed by atoms with E-state index in [2.05, 4.69) is 27.7 Å². The van der Waals surface area contributed by atoms with Gasteiger partial charge in [-0.05, 0) is 19.3 Å². The Hall–Kier alpha value is 0.230. The van der Waals surface area contributed by atoms with Gasteiger partial charge in [0.25, 0.3) is 0 Å². The van der Waals surface area contributed by atoms with Crippen LogP contribution in [0.15, 0.2) is 0 Å². The second kappa shape index (κ2) is 5.83. The number of hydrogen-bond acceptors (Lipinski definition) is 1. The molecule has 0 rings (SSSR count). The molecule has 0 bridgehead atoms. The Labute approximate surface area is 71.4 Å². The van der Waals surface area contributed by atoms with Crippen molar-refractivity contribution in [2.75, 3.05) is 0 Å². The number of hydrogen-bond donors (Lipinski definition) is 0. The first-order chi connectivity index (χ1) is 5.17. The maximum absolute atomic E-state index is 11.7. The summed E-state index contributed by atoms with van der Waals surface area (Å²) in [5.41, 5.74) is 0.944. The fraction of sp³-hybridized carbons (Fsp3) is 1.00. The molecule has 11 heavy (non-hydrogen) atoms. The molecule has 0 radical (unpaired) electrons. The van der Waals surface area contributed by atoms with Gasteiger partial charge in [0, 0.05) is 11.3 Å². The van der Waals surface area contributed by atoms with Gasteiger partial charge in [-0.1, -0.05) is 27.7 Å². The first-order valence-corrected chi connectivity index (χ1v) is 6.27. The largest absolute Gasteiger partial charge is 0.326 e. The zero-order chi connectivity index (χ0) is 8.85. The smallest absolute Gasteiger partial charge is 0.0817 e. The van der Waals surface area contributed by atoms with Gasteiger partial charge in [0.1, 0.15) is 0 Å². The minimum atomic E-state index is -1.31. The molecule has 2 heteroatoms. The second-order valence-electron chi connectivity index (χ2n) is 3.23. The molecule has 0 heterocycles. The highest BCUT2D eigenvalue weighted by molar-refractivity contribution is 7.46. The fourth-order valence-corrected chi connectivity index (χ4v) is 3.31. The van der Waals surface area contributed by atoms with E-state index in [1.807, 2.05) is 0 Å². The molecule has 1 nitrogen and oxygen atoms in total. The van der Waals surface area contributed by atoms with Gasteiger partial charge in [-0.25, -0.2) is 0 Å². The summed E-state index contributed by atoms with van der Waals surface area (Å²) >= 11 is 0. The molecule has 0 saturated heterocycles. The third-order valence-corrected chi connectivity index (χ3v) is 5.49. The van der Waals surface area contributed by atoms with Gasteiger partial charge < -0.3 is 4.57 Å². The van der Waals surface area contributed by atoms with Crippen LogP contribution in [0.4, 0.5) is 0 Å². The maximum Gasteiger partial charge on any atom is 0.0817 e. The highest BCUT2D eigenvalue weighted by atomic mass is 31.1. The lowest BCUT2D eigenvalue weighted by Crippen LogP contribution is -2.05. The third kappa shape index (κ3) is 3.42. The van der Waals surface area contributed by atoms with E-state index in [9.17, 15) is 4.57 Å². The number of rotatable bonds is 5. The van der Waals surface area contributed by atoms with Crippen molar-refractivity contribution in [2.45, 2.75) is 58.3 Å². The van der Waals surface area contributed by atoms with Crippen LogP contribution in [0.25, 0.3) is 0 Å². The van der Waals surface area contributed by atoms with Crippen molar-refractivity contribution in [2.24, 2.45) is 0 Å². The molecule has 2 unspecified atom stereocenters. The molecule has 0 aromatic rings. The van der Waals surface area contributed by atoms with Crippen LogP contribution in [0.1, 0.15) is 47.0 Å². The van der Waals surface area contributed by atoms with E-state index in [1.165, 1.54) is 0 Å². The summed E-state index contributed by atoms with van der Waals surface area (Å²) in [4.78, 5) is 0. The van der Waals surface area contributed by atoms with Crippen molar-refractivity contribution in [1.29, 1.82) is 0 Å². The van der Waals surface area contributed by atoms with Crippen molar-refractivity contribution >= 4 is 7.80 Å². The van der Waals surface area contributed by atoms with Crippen LogP contribution >= 0.6 is 7.80 Å². The van der Waals surface area contributed by atoms with Crippen molar-refractivity contribution in [3.8, 4) is 0 Å². The first-order valence-electron chi connectivity index (χ1n) is 4.70. The predicted octanol–water partition coefficient (Wildman–Crippen LogP) is 3.53. The molecule has 0 aliphatic carbocycles. The van der Waals surface area contributed by atoms with Gasteiger partial charge in [0.05, 0.1) is 7.80 Å². The van der Waals surface area contributed by atoms with Gasteiger partial charge >= 0.3 is 0 Å². The van der Waals surface area contributed by atoms with Gasteiger partial charge in [-0.2, -0.15) is 0 Å². The zero-order valence-electron chi connectivity index (χ0n) is 8.18. The van der Waals surface area contributed by atoms with Crippen LogP contribution in [0.5, 0.6) is 0 Å². The van der Waals surface area contributed by atoms with Gasteiger partial charge in [0.2, 0.25) is 0 Å². The van der Waals surface area contributed by atoms with Crippen molar-refractivity contribution in [1.82, 2.24) is 0 Å². The van der Waals surface area contributed by atoms with Crippen LogP contribution in [0, 0.1) is 0 Å². The molecular weight excluding hydrogens is 155 g/mol. The molecule has 2 atom stereocenters. The molecule has 0 aromatic carbocycles. The SMILES string of the molecule is CCC(C)[PH](=O)C(CC)CC. The van der Waals surface area contributed by atoms with E-state index in [0.717, 1.165) is 19.3 Å². The van der Waals surface area contributed by atoms with Crippen molar-refractivity contribution in [3.05, 3.63) is 0 Å². The van der Waals surface area contributed by atoms with E-state index in [0.29, 0.717) is 11.3 Å². The van der Waals surface area contributed by atoms with E-state index in [1.54, 1.807) is 0 Å². The lowest BCUT2D eigenvalue weighted by molar-refractivity contribution is 0.562. The van der Waals surface area contributed by atoms with Crippen molar-refractivity contribution < 1.29 is 4.57 Å². The normalized spacial score (nSPS) is 16.8. The van der Waals surface area contributed by atoms with Crippen LogP contribution < -0.4 is 0 Å². The minimum absolute atomic E-state index is 0.449. The lowest BCUT2D eigenvalue weighted by Gasteiger charge is -2.16. The van der Waals surface area contributed by atoms with Crippen molar-refractivity contribution in [3.63, 3.8) is 0 Å². The standard InChI is InChI=1S/C9H21OP/c1-5-8(4)11(10)9(6-2)7-3/h8-9,11H,5-7H2,1-4H3. The molecule has 0 aliphatic heterocycles. The summed E-state index contributed by atoms with van der Waals surface area (Å²) in [7, 11) is -1.31. The zero-order valence-corrected chi connectivity index (χ0v) is 9.18. The Balaban J connectivity index is 3.97. The van der Waals surface area contributed by atoms with E-state index in [-0.39, 0.29) is 0 Å². The molecule has 68 valence electrons. The molecule has 0 amide bonds. The predicted molar refractivity (Wildman–Crippen MR) is 53.1 cm³/mol. The molecular formula is C9H21OP. The Morgan fingerprint density at radius 2 is 1.55 bits per heavy atom. The summed E-state index contributed by atoms with van der Waals surface area (Å²) in [6.45, 7) is 8.51. The summed E-state index contributed by atoms with van der Waals surface area (Å²) < 4.78 is 11.7. The molecule has 0 saturated carbocycles. The second-order valence-corrected chi connectivity index (χ2v) is 5.83. The first kappa shape index (κ1) is 11.2. The third-order valence-electron chi connectivity index (χ3n) is 2.49. The Kier molecular flexibility index (Phi) is 5.95. The molecule has 0 aliphatic rings. The van der Waals surface area contributed by atoms with E-state index < -0.39 is 7.80 Å². The highest BCUT2D eigenvalue weighted by Crippen LogP contribution is 2.38. The van der Waals surface area contributed by atoms with Crippen LogP contribution in [-0.4, -0.2) is 11.3 Å². The monoisotopic (exact) mass is 176 g/mol. The molecule has 0 fully saturated rings. The average Bonchev–Trinajstić information content (AvgIpc) is 2.05. The van der Waals surface area contributed by atoms with Crippen LogP contribution in [-0.2, 0) is 4.57 Å². The summed E-state index contributed by atoms with van der Waals surface area (Å²) in [5.74, 6) is 0. The summed E-state index contributed by atoms with van der Waals surface area (Å²) in [6.07, 6.45) is 3.23. The van der Waals surface area contributed by atoms with Crippen LogP contribution in [0.2, 0.25) is 0 Å². The van der Waals surface area contributed by atoms with E-state index >= 15 is 0 Å². The average molecular weight is 176 g/mol. The molecule has 0 N–H and O–H groups in total. The van der Waals surface area contributed by atoms with Gasteiger partial charge in [-0.15, -0.1) is 0 Å². The van der Waals surface area contributed by atoms with E-state index in [4.69, 9.17) is 0 Å². The fourth-order valence-electron chi connectivity index (χ4n) is 1.29. The Bertz CT molecular complexity index is 119. The maximum atomic E-state index is 11.7. The van der Waals surface area contributed by atoms with Gasteiger partial charge in [0.15, 0.2) is 0 Å². The summed E-state index contributed by atoms with van der Waals surface area (Å²) in [5, 5.41) is 0. The topological polar surface area (TPSA) is 17.1 Å². The van der Waals surface area contributed by atoms with Gasteiger partial charge in [-0.3, -0.25) is 0 Å². The highest BCUT2D eigenvalue weighted by Gasteiger charge is 2.16. The summed E-state index contributed by atoms with van der Waals surface area (Å²) in [6, 6.07) is 0. The Morgan fingerprint density at radius 1 is 1.09 bits per heavy atom. The molecule has 0 spiro atoms. The quantitative estimate of drug-likeness (QED) is 0.585. The van der Waals surface area contributed by atoms with Crippen LogP contribution in [0.3, 0.4) is 0 Å². The lowest BCUT2D eigenvalue weighted by atomic mass is 10.3. The minimum Gasteiger partial charge on any atom is -0.326 e.